The zero-order valence-corrected chi connectivity index (χ0v) is 13.3. The molecule has 2 rings (SSSR count). The van der Waals surface area contributed by atoms with Gasteiger partial charge in [-0.3, -0.25) is 0 Å². The molecule has 0 spiro atoms. The summed E-state index contributed by atoms with van der Waals surface area (Å²) in [6.07, 6.45) is 2.22. The van der Waals surface area contributed by atoms with Crippen LogP contribution in [0.3, 0.4) is 0 Å². The van der Waals surface area contributed by atoms with Crippen molar-refractivity contribution in [2.75, 3.05) is 0 Å². The number of aryl methyl sites for hydroxylation is 1. The first-order valence-corrected chi connectivity index (χ1v) is 7.79. The standard InChI is InChI=1S/C16H22ClFN2/c1-5-12(6-2)11(4)20-15-7-10(3)13(18)8-14(15)19-16(20)9-17/h7-8,11-12H,5-6,9H2,1-4H3. The number of hydrogen-bond acceptors (Lipinski definition) is 1. The summed E-state index contributed by atoms with van der Waals surface area (Å²) in [4.78, 5) is 4.50. The predicted octanol–water partition coefficient (Wildman–Crippen LogP) is 5.22. The number of aromatic nitrogens is 2. The van der Waals surface area contributed by atoms with Crippen molar-refractivity contribution in [1.29, 1.82) is 0 Å². The monoisotopic (exact) mass is 296 g/mol. The smallest absolute Gasteiger partial charge is 0.128 e. The topological polar surface area (TPSA) is 17.8 Å². The Hall–Kier alpha value is -1.09. The maximum absolute atomic E-state index is 13.7. The van der Waals surface area contributed by atoms with Crippen LogP contribution in [0.5, 0.6) is 0 Å². The summed E-state index contributed by atoms with van der Waals surface area (Å²) >= 11 is 6.04. The van der Waals surface area contributed by atoms with Gasteiger partial charge in [0.2, 0.25) is 0 Å². The van der Waals surface area contributed by atoms with E-state index in [4.69, 9.17) is 11.6 Å². The fourth-order valence-electron chi connectivity index (χ4n) is 3.00. The Morgan fingerprint density at radius 1 is 1.30 bits per heavy atom. The minimum atomic E-state index is -0.210. The molecule has 0 fully saturated rings. The van der Waals surface area contributed by atoms with Gasteiger partial charge < -0.3 is 4.57 Å². The van der Waals surface area contributed by atoms with Gasteiger partial charge in [-0.2, -0.15) is 0 Å². The molecule has 0 radical (unpaired) electrons. The van der Waals surface area contributed by atoms with Crippen LogP contribution < -0.4 is 0 Å². The third-order valence-electron chi connectivity index (χ3n) is 4.30. The summed E-state index contributed by atoms with van der Waals surface area (Å²) in [5, 5.41) is 0. The molecule has 0 saturated heterocycles. The molecule has 1 aromatic carbocycles. The van der Waals surface area contributed by atoms with Crippen LogP contribution in [0.2, 0.25) is 0 Å². The van der Waals surface area contributed by atoms with Crippen LogP contribution in [-0.4, -0.2) is 9.55 Å². The minimum Gasteiger partial charge on any atom is -0.324 e. The molecule has 0 bridgehead atoms. The first kappa shape index (κ1) is 15.3. The van der Waals surface area contributed by atoms with Gasteiger partial charge in [-0.25, -0.2) is 9.37 Å². The first-order chi connectivity index (χ1) is 9.53. The van der Waals surface area contributed by atoms with Gasteiger partial charge in [0, 0.05) is 12.1 Å². The minimum absolute atomic E-state index is 0.210. The number of hydrogen-bond donors (Lipinski definition) is 0. The summed E-state index contributed by atoms with van der Waals surface area (Å²) < 4.78 is 15.9. The van der Waals surface area contributed by atoms with Gasteiger partial charge in [-0.1, -0.05) is 26.7 Å². The molecular formula is C16H22ClFN2. The molecule has 2 aromatic rings. The molecule has 4 heteroatoms. The summed E-state index contributed by atoms with van der Waals surface area (Å²) in [7, 11) is 0. The molecule has 0 aliphatic carbocycles. The SMILES string of the molecule is CCC(CC)C(C)n1c(CCl)nc2cc(F)c(C)cc21. The second-order valence-electron chi connectivity index (χ2n) is 5.44. The molecule has 110 valence electrons. The van der Waals surface area contributed by atoms with Gasteiger partial charge in [0.05, 0.1) is 16.9 Å². The summed E-state index contributed by atoms with van der Waals surface area (Å²) in [5.41, 5.74) is 2.33. The third kappa shape index (κ3) is 2.56. The normalized spacial score (nSPS) is 13.3. The van der Waals surface area contributed by atoms with Crippen LogP contribution in [0, 0.1) is 18.7 Å². The third-order valence-corrected chi connectivity index (χ3v) is 4.54. The van der Waals surface area contributed by atoms with Crippen molar-refractivity contribution >= 4 is 22.6 Å². The quantitative estimate of drug-likeness (QED) is 0.692. The maximum Gasteiger partial charge on any atom is 0.128 e. The lowest BCUT2D eigenvalue weighted by Gasteiger charge is -2.25. The fraction of sp³-hybridized carbons (Fsp3) is 0.562. The van der Waals surface area contributed by atoms with E-state index in [1.54, 1.807) is 6.92 Å². The zero-order chi connectivity index (χ0) is 14.9. The van der Waals surface area contributed by atoms with Crippen molar-refractivity contribution in [2.24, 2.45) is 5.92 Å². The molecule has 0 aliphatic heterocycles. The van der Waals surface area contributed by atoms with Crippen LogP contribution in [0.25, 0.3) is 11.0 Å². The Bertz CT molecular complexity index is 602. The Labute approximate surface area is 125 Å². The van der Waals surface area contributed by atoms with Gasteiger partial charge in [0.1, 0.15) is 11.6 Å². The van der Waals surface area contributed by atoms with Crippen LogP contribution >= 0.6 is 11.6 Å². The van der Waals surface area contributed by atoms with E-state index in [1.165, 1.54) is 6.07 Å². The maximum atomic E-state index is 13.7. The largest absolute Gasteiger partial charge is 0.324 e. The van der Waals surface area contributed by atoms with E-state index >= 15 is 0 Å². The van der Waals surface area contributed by atoms with E-state index in [1.807, 2.05) is 6.07 Å². The van der Waals surface area contributed by atoms with E-state index in [-0.39, 0.29) is 5.82 Å². The van der Waals surface area contributed by atoms with E-state index in [2.05, 4.69) is 30.3 Å². The zero-order valence-electron chi connectivity index (χ0n) is 12.6. The van der Waals surface area contributed by atoms with E-state index in [0.717, 1.165) is 24.2 Å². The van der Waals surface area contributed by atoms with Crippen molar-refractivity contribution in [3.63, 3.8) is 0 Å². The number of rotatable bonds is 5. The highest BCUT2D eigenvalue weighted by Crippen LogP contribution is 2.31. The van der Waals surface area contributed by atoms with Gasteiger partial charge in [-0.05, 0) is 31.4 Å². The lowest BCUT2D eigenvalue weighted by molar-refractivity contribution is 0.334. The average molecular weight is 297 g/mol. The van der Waals surface area contributed by atoms with Gasteiger partial charge >= 0.3 is 0 Å². The van der Waals surface area contributed by atoms with Crippen molar-refractivity contribution in [3.05, 3.63) is 29.3 Å². The highest BCUT2D eigenvalue weighted by Gasteiger charge is 2.21. The van der Waals surface area contributed by atoms with Crippen LogP contribution in [0.4, 0.5) is 4.39 Å². The van der Waals surface area contributed by atoms with Crippen LogP contribution in [0.1, 0.15) is 51.0 Å². The van der Waals surface area contributed by atoms with Crippen molar-refractivity contribution < 1.29 is 4.39 Å². The number of imidazole rings is 1. The van der Waals surface area contributed by atoms with Crippen molar-refractivity contribution in [2.45, 2.75) is 52.5 Å². The number of halogens is 2. The van der Waals surface area contributed by atoms with Crippen molar-refractivity contribution in [3.8, 4) is 0 Å². The van der Waals surface area contributed by atoms with Gasteiger partial charge in [0.15, 0.2) is 0 Å². The average Bonchev–Trinajstić information content (AvgIpc) is 2.78. The van der Waals surface area contributed by atoms with Crippen LogP contribution in [0.15, 0.2) is 12.1 Å². The number of fused-ring (bicyclic) bond motifs is 1. The van der Waals surface area contributed by atoms with E-state index in [9.17, 15) is 4.39 Å². The van der Waals surface area contributed by atoms with E-state index in [0.29, 0.717) is 28.9 Å². The van der Waals surface area contributed by atoms with Gasteiger partial charge in [0.25, 0.3) is 0 Å². The Kier molecular flexibility index (Phi) is 4.69. The summed E-state index contributed by atoms with van der Waals surface area (Å²) in [6.45, 7) is 8.39. The molecule has 1 atom stereocenters. The molecule has 1 unspecified atom stereocenters. The highest BCUT2D eigenvalue weighted by atomic mass is 35.5. The highest BCUT2D eigenvalue weighted by molar-refractivity contribution is 6.16. The second-order valence-corrected chi connectivity index (χ2v) is 5.71. The lowest BCUT2D eigenvalue weighted by Crippen LogP contribution is -2.17. The summed E-state index contributed by atoms with van der Waals surface area (Å²) in [5.74, 6) is 1.53. The first-order valence-electron chi connectivity index (χ1n) is 7.26. The Balaban J connectivity index is 2.63. The fourth-order valence-corrected chi connectivity index (χ4v) is 3.19. The molecule has 0 amide bonds. The molecule has 0 saturated carbocycles. The molecule has 2 nitrogen and oxygen atoms in total. The Morgan fingerprint density at radius 2 is 1.95 bits per heavy atom. The number of nitrogens with zero attached hydrogens (tertiary/aromatic N) is 2. The second kappa shape index (κ2) is 6.13. The molecule has 0 N–H and O–H groups in total. The molecular weight excluding hydrogens is 275 g/mol. The molecule has 1 aromatic heterocycles. The predicted molar refractivity (Wildman–Crippen MR) is 82.8 cm³/mol. The van der Waals surface area contributed by atoms with Gasteiger partial charge in [-0.15, -0.1) is 11.6 Å². The number of alkyl halides is 1. The molecule has 1 heterocycles. The Morgan fingerprint density at radius 3 is 2.50 bits per heavy atom. The van der Waals surface area contributed by atoms with Crippen molar-refractivity contribution in [1.82, 2.24) is 9.55 Å². The summed E-state index contributed by atoms with van der Waals surface area (Å²) in [6, 6.07) is 3.71. The molecule has 20 heavy (non-hydrogen) atoms. The van der Waals surface area contributed by atoms with Crippen LogP contribution in [-0.2, 0) is 5.88 Å². The lowest BCUT2D eigenvalue weighted by atomic mass is 9.95. The molecule has 0 aliphatic rings. The van der Waals surface area contributed by atoms with E-state index < -0.39 is 0 Å². The number of benzene rings is 1.